The van der Waals surface area contributed by atoms with Crippen molar-refractivity contribution in [2.45, 2.75) is 31.4 Å². The Bertz CT molecular complexity index is 349. The molecule has 6 nitrogen and oxygen atoms in total. The highest BCUT2D eigenvalue weighted by Crippen LogP contribution is 2.30. The molecule has 0 aliphatic heterocycles. The van der Waals surface area contributed by atoms with E-state index in [1.54, 1.807) is 4.57 Å². The maximum atomic E-state index is 10.4. The van der Waals surface area contributed by atoms with Crippen molar-refractivity contribution in [3.05, 3.63) is 22.6 Å². The van der Waals surface area contributed by atoms with Crippen LogP contribution in [0.5, 0.6) is 0 Å². The lowest BCUT2D eigenvalue weighted by molar-refractivity contribution is -0.389. The number of nitro groups is 1. The van der Waals surface area contributed by atoms with Crippen LogP contribution in [0.3, 0.4) is 0 Å². The van der Waals surface area contributed by atoms with Gasteiger partial charge in [0.05, 0.1) is 12.1 Å². The fourth-order valence-corrected chi connectivity index (χ4v) is 1.87. The summed E-state index contributed by atoms with van der Waals surface area (Å²) in [6.45, 7) is 0. The van der Waals surface area contributed by atoms with Crippen LogP contribution in [0.4, 0.5) is 5.82 Å². The monoisotopic (exact) mass is 197 g/mol. The molecule has 1 N–H and O–H groups in total. The second-order valence-electron chi connectivity index (χ2n) is 3.50. The summed E-state index contributed by atoms with van der Waals surface area (Å²) < 4.78 is 1.63. The van der Waals surface area contributed by atoms with Gasteiger partial charge in [0.1, 0.15) is 6.20 Å². The Morgan fingerprint density at radius 2 is 2.43 bits per heavy atom. The van der Waals surface area contributed by atoms with Gasteiger partial charge in [-0.05, 0) is 29.2 Å². The molecule has 0 aromatic carbocycles. The molecule has 0 bridgehead atoms. The first-order valence-electron chi connectivity index (χ1n) is 4.54. The van der Waals surface area contributed by atoms with Gasteiger partial charge < -0.3 is 19.8 Å². The molecular formula is C8H11N3O3. The first-order valence-corrected chi connectivity index (χ1v) is 4.54. The van der Waals surface area contributed by atoms with Gasteiger partial charge in [0.25, 0.3) is 0 Å². The highest BCUT2D eigenvalue weighted by molar-refractivity contribution is 5.13. The van der Waals surface area contributed by atoms with Crippen LogP contribution in [0, 0.1) is 10.1 Å². The molecule has 0 saturated heterocycles. The van der Waals surface area contributed by atoms with Gasteiger partial charge in [0, 0.05) is 0 Å². The first-order chi connectivity index (χ1) is 6.68. The van der Waals surface area contributed by atoms with E-state index >= 15 is 0 Å². The minimum absolute atomic E-state index is 0.0452. The minimum Gasteiger partial charge on any atom is -0.391 e. The number of imidazole rings is 1. The van der Waals surface area contributed by atoms with Crippen molar-refractivity contribution < 1.29 is 10.0 Å². The summed E-state index contributed by atoms with van der Waals surface area (Å²) in [6.07, 6.45) is 4.96. The Balaban J connectivity index is 2.20. The Hall–Kier alpha value is -1.43. The maximum absolute atomic E-state index is 10.4. The largest absolute Gasteiger partial charge is 0.391 e. The summed E-state index contributed by atoms with van der Waals surface area (Å²) in [5.41, 5.74) is 0. The molecule has 1 fully saturated rings. The third-order valence-corrected chi connectivity index (χ3v) is 2.60. The average molecular weight is 197 g/mol. The molecule has 2 rings (SSSR count). The molecule has 1 saturated carbocycles. The van der Waals surface area contributed by atoms with Crippen molar-refractivity contribution >= 4 is 5.82 Å². The molecule has 6 heteroatoms. The number of hydrogen-bond donors (Lipinski definition) is 1. The molecule has 1 heterocycles. The normalized spacial score (nSPS) is 26.6. The third-order valence-electron chi connectivity index (χ3n) is 2.60. The lowest BCUT2D eigenvalue weighted by atomic mass is 10.2. The van der Waals surface area contributed by atoms with Crippen LogP contribution in [-0.2, 0) is 0 Å². The zero-order valence-corrected chi connectivity index (χ0v) is 7.54. The van der Waals surface area contributed by atoms with Gasteiger partial charge in [-0.2, -0.15) is 0 Å². The van der Waals surface area contributed by atoms with Crippen LogP contribution in [0.25, 0.3) is 0 Å². The topological polar surface area (TPSA) is 81.2 Å². The molecular weight excluding hydrogens is 186 g/mol. The zero-order chi connectivity index (χ0) is 10.1. The van der Waals surface area contributed by atoms with Crippen LogP contribution < -0.4 is 0 Å². The van der Waals surface area contributed by atoms with Crippen molar-refractivity contribution in [2.24, 2.45) is 0 Å². The number of aliphatic hydroxyl groups is 1. The molecule has 1 aliphatic rings. The molecule has 1 aromatic rings. The van der Waals surface area contributed by atoms with Gasteiger partial charge >= 0.3 is 5.82 Å². The average Bonchev–Trinajstić information content (AvgIpc) is 2.71. The summed E-state index contributed by atoms with van der Waals surface area (Å²) in [5.74, 6) is -0.163. The maximum Gasteiger partial charge on any atom is 0.381 e. The van der Waals surface area contributed by atoms with Crippen molar-refractivity contribution in [2.75, 3.05) is 0 Å². The predicted octanol–water partition coefficient (Wildman–Crippen LogP) is 0.877. The number of hydrogen-bond acceptors (Lipinski definition) is 4. The van der Waals surface area contributed by atoms with E-state index in [9.17, 15) is 15.2 Å². The molecule has 2 atom stereocenters. The number of aliphatic hydroxyl groups excluding tert-OH is 1. The van der Waals surface area contributed by atoms with E-state index < -0.39 is 11.0 Å². The summed E-state index contributed by atoms with van der Waals surface area (Å²) in [7, 11) is 0. The quantitative estimate of drug-likeness (QED) is 0.563. The van der Waals surface area contributed by atoms with Crippen LogP contribution in [0.1, 0.15) is 25.3 Å². The Morgan fingerprint density at radius 1 is 1.64 bits per heavy atom. The number of aromatic nitrogens is 2. The smallest absolute Gasteiger partial charge is 0.381 e. The standard InChI is InChI=1S/C8H11N3O3/c12-7-3-1-2-6(7)10-4-8(9-5-10)11(13)14/h4-7,12H,1-3H2/t6-,7-/m0/s1. The Labute approximate surface area is 80.3 Å². The van der Waals surface area contributed by atoms with Crippen molar-refractivity contribution in [1.29, 1.82) is 0 Å². The summed E-state index contributed by atoms with van der Waals surface area (Å²) in [4.78, 5) is 13.5. The summed E-state index contributed by atoms with van der Waals surface area (Å²) in [5, 5.41) is 19.9. The number of rotatable bonds is 2. The third kappa shape index (κ3) is 1.48. The number of nitrogens with zero attached hydrogens (tertiary/aromatic N) is 3. The van der Waals surface area contributed by atoms with Gasteiger partial charge in [0.2, 0.25) is 6.33 Å². The van der Waals surface area contributed by atoms with Gasteiger partial charge in [-0.25, -0.2) is 0 Å². The second kappa shape index (κ2) is 3.38. The van der Waals surface area contributed by atoms with E-state index in [0.29, 0.717) is 0 Å². The second-order valence-corrected chi connectivity index (χ2v) is 3.50. The molecule has 0 radical (unpaired) electrons. The fourth-order valence-electron chi connectivity index (χ4n) is 1.87. The molecule has 0 spiro atoms. The van der Waals surface area contributed by atoms with Crippen LogP contribution in [0.2, 0.25) is 0 Å². The van der Waals surface area contributed by atoms with Gasteiger partial charge in [-0.3, -0.25) is 0 Å². The van der Waals surface area contributed by atoms with Crippen LogP contribution >= 0.6 is 0 Å². The Morgan fingerprint density at radius 3 is 2.93 bits per heavy atom. The summed E-state index contributed by atoms with van der Waals surface area (Å²) in [6, 6.07) is -0.0452. The highest BCUT2D eigenvalue weighted by Gasteiger charge is 2.28. The minimum atomic E-state index is -0.530. The van der Waals surface area contributed by atoms with E-state index in [1.165, 1.54) is 12.5 Å². The molecule has 0 unspecified atom stereocenters. The molecule has 76 valence electrons. The van der Waals surface area contributed by atoms with E-state index in [-0.39, 0.29) is 11.9 Å². The van der Waals surface area contributed by atoms with Gasteiger partial charge in [-0.1, -0.05) is 0 Å². The SMILES string of the molecule is O=[N+]([O-])c1cn([C@H]2CCC[C@@H]2O)cn1. The van der Waals surface area contributed by atoms with Crippen LogP contribution in [0.15, 0.2) is 12.5 Å². The van der Waals surface area contributed by atoms with Gasteiger partial charge in [-0.15, -0.1) is 0 Å². The Kier molecular flexibility index (Phi) is 2.20. The lowest BCUT2D eigenvalue weighted by Crippen LogP contribution is -2.16. The summed E-state index contributed by atoms with van der Waals surface area (Å²) >= 11 is 0. The lowest BCUT2D eigenvalue weighted by Gasteiger charge is -2.13. The predicted molar refractivity (Wildman–Crippen MR) is 47.8 cm³/mol. The van der Waals surface area contributed by atoms with Gasteiger partial charge in [0.15, 0.2) is 0 Å². The molecule has 1 aliphatic carbocycles. The molecule has 1 aromatic heterocycles. The van der Waals surface area contributed by atoms with Crippen molar-refractivity contribution in [3.8, 4) is 0 Å². The van der Waals surface area contributed by atoms with E-state index in [2.05, 4.69) is 4.98 Å². The molecule has 14 heavy (non-hydrogen) atoms. The van der Waals surface area contributed by atoms with E-state index in [0.717, 1.165) is 19.3 Å². The van der Waals surface area contributed by atoms with Crippen molar-refractivity contribution in [1.82, 2.24) is 9.55 Å². The van der Waals surface area contributed by atoms with E-state index in [4.69, 9.17) is 0 Å². The fraction of sp³-hybridized carbons (Fsp3) is 0.625. The van der Waals surface area contributed by atoms with Crippen LogP contribution in [-0.4, -0.2) is 25.7 Å². The van der Waals surface area contributed by atoms with Crippen molar-refractivity contribution in [3.63, 3.8) is 0 Å². The first kappa shape index (κ1) is 9.14. The zero-order valence-electron chi connectivity index (χ0n) is 7.54. The molecule has 0 amide bonds. The van der Waals surface area contributed by atoms with E-state index in [1.807, 2.05) is 0 Å². The highest BCUT2D eigenvalue weighted by atomic mass is 16.6.